The van der Waals surface area contributed by atoms with Crippen molar-refractivity contribution in [3.8, 4) is 0 Å². The number of ketones is 1. The van der Waals surface area contributed by atoms with Gasteiger partial charge in [-0.3, -0.25) is 9.69 Å². The van der Waals surface area contributed by atoms with Gasteiger partial charge in [0, 0.05) is 12.1 Å². The van der Waals surface area contributed by atoms with Crippen LogP contribution in [0.25, 0.3) is 0 Å². The number of hydrogen-bond acceptors (Lipinski definition) is 2. The smallest absolute Gasteiger partial charge is 0.407 e. The molecule has 1 atom stereocenters. The minimum absolute atomic E-state index is 0.226. The fourth-order valence-electron chi connectivity index (χ4n) is 1.83. The lowest BCUT2D eigenvalue weighted by Crippen LogP contribution is -2.54. The Morgan fingerprint density at radius 1 is 1.47 bits per heavy atom. The van der Waals surface area contributed by atoms with Crippen molar-refractivity contribution >= 4 is 11.9 Å². The van der Waals surface area contributed by atoms with Crippen LogP contribution in [0.1, 0.15) is 22.3 Å². The molecule has 2 rings (SSSR count). The highest BCUT2D eigenvalue weighted by atomic mass is 19.1. The van der Waals surface area contributed by atoms with Crippen molar-refractivity contribution in [3.63, 3.8) is 0 Å². The third-order valence-electron chi connectivity index (χ3n) is 3.02. The zero-order valence-electron chi connectivity index (χ0n) is 9.31. The van der Waals surface area contributed by atoms with Crippen LogP contribution in [-0.4, -0.2) is 34.5 Å². The first-order valence-electron chi connectivity index (χ1n) is 5.30. The molecule has 1 aliphatic rings. The van der Waals surface area contributed by atoms with E-state index in [0.717, 1.165) is 11.0 Å². The molecule has 1 N–H and O–H groups in total. The van der Waals surface area contributed by atoms with Gasteiger partial charge in [0.15, 0.2) is 5.78 Å². The summed E-state index contributed by atoms with van der Waals surface area (Å²) < 4.78 is 13.3. The van der Waals surface area contributed by atoms with Crippen molar-refractivity contribution in [2.45, 2.75) is 19.4 Å². The van der Waals surface area contributed by atoms with Gasteiger partial charge in [-0.05, 0) is 25.0 Å². The molecule has 4 nitrogen and oxygen atoms in total. The molecule has 0 aromatic heterocycles. The molecule has 1 heterocycles. The lowest BCUT2D eigenvalue weighted by atomic mass is 9.94. The highest BCUT2D eigenvalue weighted by Gasteiger charge is 2.37. The number of Topliss-reactive ketones (excluding diaryl/α,β-unsaturated/α-hetero) is 1. The van der Waals surface area contributed by atoms with Gasteiger partial charge in [0.05, 0.1) is 0 Å². The second kappa shape index (κ2) is 4.16. The van der Waals surface area contributed by atoms with Gasteiger partial charge in [-0.1, -0.05) is 12.1 Å². The summed E-state index contributed by atoms with van der Waals surface area (Å²) in [5, 5.41) is 8.80. The molecular formula is C12H12FNO3. The van der Waals surface area contributed by atoms with Crippen molar-refractivity contribution in [1.82, 2.24) is 4.90 Å². The Labute approximate surface area is 97.7 Å². The molecule has 1 aromatic carbocycles. The van der Waals surface area contributed by atoms with Crippen molar-refractivity contribution in [3.05, 3.63) is 35.1 Å². The van der Waals surface area contributed by atoms with Gasteiger partial charge < -0.3 is 5.11 Å². The maximum atomic E-state index is 13.3. The summed E-state index contributed by atoms with van der Waals surface area (Å²) in [6.45, 7) is 1.97. The van der Waals surface area contributed by atoms with E-state index >= 15 is 0 Å². The first kappa shape index (κ1) is 11.6. The average Bonchev–Trinajstić information content (AvgIpc) is 2.19. The molecule has 1 fully saturated rings. The zero-order valence-corrected chi connectivity index (χ0v) is 9.31. The van der Waals surface area contributed by atoms with E-state index in [-0.39, 0.29) is 11.3 Å². The zero-order chi connectivity index (χ0) is 12.6. The van der Waals surface area contributed by atoms with Crippen LogP contribution in [0.5, 0.6) is 0 Å². The van der Waals surface area contributed by atoms with Crippen LogP contribution in [0.15, 0.2) is 18.2 Å². The minimum Gasteiger partial charge on any atom is -0.465 e. The summed E-state index contributed by atoms with van der Waals surface area (Å²) in [5.41, 5.74) is 0.689. The van der Waals surface area contributed by atoms with Crippen molar-refractivity contribution < 1.29 is 19.1 Å². The topological polar surface area (TPSA) is 57.6 Å². The number of aryl methyl sites for hydroxylation is 1. The number of halogens is 1. The summed E-state index contributed by atoms with van der Waals surface area (Å²) in [6, 6.07) is 3.55. The van der Waals surface area contributed by atoms with E-state index in [1.165, 1.54) is 12.1 Å². The van der Waals surface area contributed by atoms with E-state index in [1.807, 2.05) is 0 Å². The normalized spacial score (nSPS) is 18.7. The summed E-state index contributed by atoms with van der Waals surface area (Å²) in [7, 11) is 0. The Bertz CT molecular complexity index is 487. The Morgan fingerprint density at radius 3 is 2.65 bits per heavy atom. The molecule has 1 saturated heterocycles. The molecule has 1 aliphatic heterocycles. The third kappa shape index (κ3) is 2.00. The van der Waals surface area contributed by atoms with Crippen LogP contribution in [0.3, 0.4) is 0 Å². The predicted molar refractivity (Wildman–Crippen MR) is 58.6 cm³/mol. The maximum Gasteiger partial charge on any atom is 0.407 e. The van der Waals surface area contributed by atoms with E-state index in [4.69, 9.17) is 5.11 Å². The molecule has 1 aromatic rings. The third-order valence-corrected chi connectivity index (χ3v) is 3.02. The SMILES string of the molecule is Cc1ccc(C(=O)[C@@H]2CCN2C(=O)O)cc1F. The van der Waals surface area contributed by atoms with Crippen LogP contribution in [0, 0.1) is 12.7 Å². The molecule has 0 radical (unpaired) electrons. The molecule has 17 heavy (non-hydrogen) atoms. The lowest BCUT2D eigenvalue weighted by molar-refractivity contribution is 0.0554. The summed E-state index contributed by atoms with van der Waals surface area (Å²) >= 11 is 0. The van der Waals surface area contributed by atoms with E-state index in [2.05, 4.69) is 0 Å². The summed E-state index contributed by atoms with van der Waals surface area (Å²) in [4.78, 5) is 23.8. The Morgan fingerprint density at radius 2 is 2.18 bits per heavy atom. The van der Waals surface area contributed by atoms with Crippen molar-refractivity contribution in [2.24, 2.45) is 0 Å². The largest absolute Gasteiger partial charge is 0.465 e. The molecule has 1 amide bonds. The van der Waals surface area contributed by atoms with Crippen molar-refractivity contribution in [1.29, 1.82) is 0 Å². The minimum atomic E-state index is -1.11. The number of benzene rings is 1. The van der Waals surface area contributed by atoms with Gasteiger partial charge in [0.2, 0.25) is 0 Å². The van der Waals surface area contributed by atoms with E-state index < -0.39 is 18.0 Å². The van der Waals surface area contributed by atoms with Gasteiger partial charge in [-0.2, -0.15) is 0 Å². The Balaban J connectivity index is 2.20. The second-order valence-corrected chi connectivity index (χ2v) is 4.11. The van der Waals surface area contributed by atoms with Gasteiger partial charge in [0.1, 0.15) is 11.9 Å². The van der Waals surface area contributed by atoms with Crippen LogP contribution in [-0.2, 0) is 0 Å². The number of carboxylic acid groups (broad SMARTS) is 1. The monoisotopic (exact) mass is 237 g/mol. The number of amides is 1. The first-order valence-corrected chi connectivity index (χ1v) is 5.30. The van der Waals surface area contributed by atoms with Gasteiger partial charge >= 0.3 is 6.09 Å². The standard InChI is InChI=1S/C12H12FNO3/c1-7-2-3-8(6-9(7)13)11(15)10-4-5-14(10)12(16)17/h2-3,6,10H,4-5H2,1H3,(H,16,17)/t10-/m0/s1. The fourth-order valence-corrected chi connectivity index (χ4v) is 1.83. The number of hydrogen-bond donors (Lipinski definition) is 1. The number of rotatable bonds is 2. The van der Waals surface area contributed by atoms with Crippen LogP contribution >= 0.6 is 0 Å². The van der Waals surface area contributed by atoms with Gasteiger partial charge in [-0.25, -0.2) is 9.18 Å². The van der Waals surface area contributed by atoms with E-state index in [0.29, 0.717) is 18.5 Å². The molecule has 0 spiro atoms. The van der Waals surface area contributed by atoms with E-state index in [9.17, 15) is 14.0 Å². The predicted octanol–water partition coefficient (Wildman–Crippen LogP) is 2.07. The molecule has 0 bridgehead atoms. The molecule has 5 heteroatoms. The lowest BCUT2D eigenvalue weighted by Gasteiger charge is -2.37. The average molecular weight is 237 g/mol. The molecule has 0 saturated carbocycles. The number of carbonyl (C=O) groups excluding carboxylic acids is 1. The molecular weight excluding hydrogens is 225 g/mol. The Hall–Kier alpha value is -1.91. The quantitative estimate of drug-likeness (QED) is 0.801. The number of likely N-dealkylation sites (tertiary alicyclic amines) is 1. The van der Waals surface area contributed by atoms with Crippen LogP contribution in [0.4, 0.5) is 9.18 Å². The maximum absolute atomic E-state index is 13.3. The van der Waals surface area contributed by atoms with Crippen molar-refractivity contribution in [2.75, 3.05) is 6.54 Å². The first-order chi connectivity index (χ1) is 8.00. The Kier molecular flexibility index (Phi) is 2.83. The molecule has 0 aliphatic carbocycles. The molecule has 0 unspecified atom stereocenters. The summed E-state index contributed by atoms with van der Waals surface area (Å²) in [6.07, 6.45) is -0.608. The highest BCUT2D eigenvalue weighted by Crippen LogP contribution is 2.22. The van der Waals surface area contributed by atoms with Crippen LogP contribution < -0.4 is 0 Å². The fraction of sp³-hybridized carbons (Fsp3) is 0.333. The summed E-state index contributed by atoms with van der Waals surface area (Å²) in [5.74, 6) is -0.783. The van der Waals surface area contributed by atoms with E-state index in [1.54, 1.807) is 6.92 Å². The van der Waals surface area contributed by atoms with Crippen LogP contribution in [0.2, 0.25) is 0 Å². The number of nitrogens with zero attached hydrogens (tertiary/aromatic N) is 1. The molecule has 90 valence electrons. The number of carbonyl (C=O) groups is 2. The van der Waals surface area contributed by atoms with Gasteiger partial charge in [0.25, 0.3) is 0 Å². The highest BCUT2D eigenvalue weighted by molar-refractivity contribution is 6.02. The second-order valence-electron chi connectivity index (χ2n) is 4.11. The van der Waals surface area contributed by atoms with Gasteiger partial charge in [-0.15, -0.1) is 0 Å².